The molecule has 2 aromatic carbocycles. The van der Waals surface area contributed by atoms with E-state index in [0.29, 0.717) is 25.3 Å². The Morgan fingerprint density at radius 3 is 2.88 bits per heavy atom. The molecule has 1 unspecified atom stereocenters. The van der Waals surface area contributed by atoms with Crippen LogP contribution in [0.3, 0.4) is 0 Å². The Balaban J connectivity index is 1.57. The quantitative estimate of drug-likeness (QED) is 0.827. The summed E-state index contributed by atoms with van der Waals surface area (Å²) in [6.45, 7) is 3.60. The Bertz CT molecular complexity index is 703. The van der Waals surface area contributed by atoms with E-state index in [4.69, 9.17) is 10.5 Å². The van der Waals surface area contributed by atoms with E-state index in [-0.39, 0.29) is 12.0 Å². The molecule has 2 aromatic rings. The van der Waals surface area contributed by atoms with Crippen LogP contribution in [0.5, 0.6) is 5.75 Å². The van der Waals surface area contributed by atoms with Gasteiger partial charge in [0.2, 0.25) is 5.91 Å². The number of benzene rings is 2. The molecule has 24 heavy (non-hydrogen) atoms. The second-order valence-electron chi connectivity index (χ2n) is 6.12. The van der Waals surface area contributed by atoms with Crippen LogP contribution in [0, 0.1) is 0 Å². The van der Waals surface area contributed by atoms with Gasteiger partial charge in [-0.3, -0.25) is 4.79 Å². The molecule has 1 aliphatic rings. The van der Waals surface area contributed by atoms with Gasteiger partial charge in [0.25, 0.3) is 0 Å². The third kappa shape index (κ3) is 3.98. The molecule has 5 heteroatoms. The van der Waals surface area contributed by atoms with E-state index in [0.717, 1.165) is 17.9 Å². The van der Waals surface area contributed by atoms with Crippen molar-refractivity contribution in [1.29, 1.82) is 0 Å². The maximum absolute atomic E-state index is 12.3. The molecule has 0 saturated heterocycles. The lowest BCUT2D eigenvalue weighted by Crippen LogP contribution is -2.44. The van der Waals surface area contributed by atoms with E-state index in [1.165, 1.54) is 5.56 Å². The van der Waals surface area contributed by atoms with Gasteiger partial charge in [0.05, 0.1) is 18.8 Å². The molecule has 0 radical (unpaired) electrons. The highest BCUT2D eigenvalue weighted by Gasteiger charge is 2.24. The number of nitrogens with two attached hydrogens (primary N) is 1. The molecule has 126 valence electrons. The Morgan fingerprint density at radius 1 is 1.29 bits per heavy atom. The van der Waals surface area contributed by atoms with Crippen molar-refractivity contribution in [3.05, 3.63) is 54.1 Å². The van der Waals surface area contributed by atoms with E-state index < -0.39 is 0 Å². The first-order valence-corrected chi connectivity index (χ1v) is 8.23. The van der Waals surface area contributed by atoms with Crippen LogP contribution in [0.4, 0.5) is 11.4 Å². The molecule has 0 saturated carbocycles. The summed E-state index contributed by atoms with van der Waals surface area (Å²) < 4.78 is 5.81. The van der Waals surface area contributed by atoms with Gasteiger partial charge in [-0.15, -0.1) is 0 Å². The minimum atomic E-state index is 0.00778. The van der Waals surface area contributed by atoms with Crippen molar-refractivity contribution in [3.63, 3.8) is 0 Å². The zero-order valence-corrected chi connectivity index (χ0v) is 13.9. The highest BCUT2D eigenvalue weighted by Crippen LogP contribution is 2.34. The molecule has 3 rings (SSSR count). The number of ether oxygens (including phenoxy) is 1. The zero-order chi connectivity index (χ0) is 16.9. The average Bonchev–Trinajstić information content (AvgIpc) is 2.56. The van der Waals surface area contributed by atoms with E-state index in [1.54, 1.807) is 0 Å². The van der Waals surface area contributed by atoms with Gasteiger partial charge in [-0.1, -0.05) is 30.3 Å². The number of nitrogens with zero attached hydrogens (tertiary/aromatic N) is 1. The standard InChI is InChI=1S/C19H23N3O2/c1-14-12-22(17-11-16(20)7-8-18(17)24-14)13-19(23)21-10-9-15-5-3-2-4-6-15/h2-8,11,14H,9-10,12-13,20H2,1H3,(H,21,23). The minimum Gasteiger partial charge on any atom is -0.487 e. The van der Waals surface area contributed by atoms with Crippen LogP contribution in [0.2, 0.25) is 0 Å². The highest BCUT2D eigenvalue weighted by molar-refractivity contribution is 5.82. The summed E-state index contributed by atoms with van der Waals surface area (Å²) in [5, 5.41) is 2.99. The van der Waals surface area contributed by atoms with E-state index in [2.05, 4.69) is 17.4 Å². The lowest BCUT2D eigenvalue weighted by atomic mass is 10.1. The van der Waals surface area contributed by atoms with Crippen molar-refractivity contribution in [2.45, 2.75) is 19.4 Å². The largest absolute Gasteiger partial charge is 0.487 e. The molecule has 1 atom stereocenters. The minimum absolute atomic E-state index is 0.00778. The maximum Gasteiger partial charge on any atom is 0.239 e. The SMILES string of the molecule is CC1CN(CC(=O)NCCc2ccccc2)c2cc(N)ccc2O1. The third-order valence-electron chi connectivity index (χ3n) is 4.04. The first-order valence-electron chi connectivity index (χ1n) is 8.23. The van der Waals surface area contributed by atoms with Gasteiger partial charge in [-0.25, -0.2) is 0 Å². The van der Waals surface area contributed by atoms with Crippen LogP contribution >= 0.6 is 0 Å². The number of nitrogen functional groups attached to an aromatic ring is 1. The monoisotopic (exact) mass is 325 g/mol. The number of rotatable bonds is 5. The first-order chi connectivity index (χ1) is 11.6. The fourth-order valence-corrected chi connectivity index (χ4v) is 2.91. The van der Waals surface area contributed by atoms with Gasteiger partial charge in [0.1, 0.15) is 11.9 Å². The number of hydrogen-bond acceptors (Lipinski definition) is 4. The second-order valence-corrected chi connectivity index (χ2v) is 6.12. The van der Waals surface area contributed by atoms with Gasteiger partial charge >= 0.3 is 0 Å². The van der Waals surface area contributed by atoms with Crippen LogP contribution in [-0.2, 0) is 11.2 Å². The molecule has 0 bridgehead atoms. The van der Waals surface area contributed by atoms with Gasteiger partial charge in [0, 0.05) is 12.2 Å². The van der Waals surface area contributed by atoms with Crippen LogP contribution in [0.25, 0.3) is 0 Å². The number of hydrogen-bond donors (Lipinski definition) is 2. The molecule has 0 spiro atoms. The van der Waals surface area contributed by atoms with Crippen molar-refractivity contribution in [1.82, 2.24) is 5.32 Å². The number of fused-ring (bicyclic) bond motifs is 1. The first kappa shape index (κ1) is 16.2. The van der Waals surface area contributed by atoms with Gasteiger partial charge in [0.15, 0.2) is 0 Å². The third-order valence-corrected chi connectivity index (χ3v) is 4.04. The molecular formula is C19H23N3O2. The molecule has 5 nitrogen and oxygen atoms in total. The number of anilines is 2. The van der Waals surface area contributed by atoms with Crippen molar-refractivity contribution < 1.29 is 9.53 Å². The van der Waals surface area contributed by atoms with Crippen LogP contribution in [0.1, 0.15) is 12.5 Å². The fourth-order valence-electron chi connectivity index (χ4n) is 2.91. The molecule has 0 fully saturated rings. The van der Waals surface area contributed by atoms with Crippen molar-refractivity contribution >= 4 is 17.3 Å². The molecule has 0 aliphatic carbocycles. The van der Waals surface area contributed by atoms with E-state index in [1.807, 2.05) is 48.2 Å². The summed E-state index contributed by atoms with van der Waals surface area (Å²) in [6, 6.07) is 15.7. The van der Waals surface area contributed by atoms with E-state index >= 15 is 0 Å². The second kappa shape index (κ2) is 7.25. The van der Waals surface area contributed by atoms with E-state index in [9.17, 15) is 4.79 Å². The lowest BCUT2D eigenvalue weighted by Gasteiger charge is -2.34. The fraction of sp³-hybridized carbons (Fsp3) is 0.316. The normalized spacial score (nSPS) is 16.2. The molecule has 1 amide bonds. The van der Waals surface area contributed by atoms with Crippen molar-refractivity contribution in [2.75, 3.05) is 30.3 Å². The van der Waals surface area contributed by atoms with Gasteiger partial charge in [-0.2, -0.15) is 0 Å². The topological polar surface area (TPSA) is 67.6 Å². The predicted molar refractivity (Wildman–Crippen MR) is 96.3 cm³/mol. The summed E-state index contributed by atoms with van der Waals surface area (Å²) in [6.07, 6.45) is 0.869. The maximum atomic E-state index is 12.3. The molecule has 3 N–H and O–H groups in total. The Hall–Kier alpha value is -2.69. The summed E-state index contributed by atoms with van der Waals surface area (Å²) in [7, 11) is 0. The molecule has 1 aliphatic heterocycles. The molecule has 0 aromatic heterocycles. The highest BCUT2D eigenvalue weighted by atomic mass is 16.5. The summed E-state index contributed by atoms with van der Waals surface area (Å²) >= 11 is 0. The Kier molecular flexibility index (Phi) is 4.89. The summed E-state index contributed by atoms with van der Waals surface area (Å²) in [5.74, 6) is 0.786. The number of amides is 1. The summed E-state index contributed by atoms with van der Waals surface area (Å²) in [4.78, 5) is 14.3. The number of nitrogens with one attached hydrogen (secondary N) is 1. The average molecular weight is 325 g/mol. The van der Waals surface area contributed by atoms with Crippen LogP contribution < -0.4 is 20.7 Å². The smallest absolute Gasteiger partial charge is 0.239 e. The Labute approximate surface area is 142 Å². The number of carbonyl (C=O) groups excluding carboxylic acids is 1. The van der Waals surface area contributed by atoms with Crippen LogP contribution in [-0.4, -0.2) is 31.6 Å². The number of carbonyl (C=O) groups is 1. The summed E-state index contributed by atoms with van der Waals surface area (Å²) in [5.41, 5.74) is 8.64. The molecular weight excluding hydrogens is 302 g/mol. The van der Waals surface area contributed by atoms with Crippen LogP contribution in [0.15, 0.2) is 48.5 Å². The van der Waals surface area contributed by atoms with Crippen molar-refractivity contribution in [2.24, 2.45) is 0 Å². The van der Waals surface area contributed by atoms with Gasteiger partial charge < -0.3 is 20.7 Å². The van der Waals surface area contributed by atoms with Gasteiger partial charge in [-0.05, 0) is 37.1 Å². The lowest BCUT2D eigenvalue weighted by molar-refractivity contribution is -0.119. The zero-order valence-electron chi connectivity index (χ0n) is 13.9. The molecule has 1 heterocycles. The van der Waals surface area contributed by atoms with Crippen molar-refractivity contribution in [3.8, 4) is 5.75 Å². The Morgan fingerprint density at radius 2 is 2.08 bits per heavy atom. The predicted octanol–water partition coefficient (Wildman–Crippen LogP) is 2.21.